The molecule has 1 rings (SSSR count). The van der Waals surface area contributed by atoms with Gasteiger partial charge in [0, 0.05) is 32.8 Å². The summed E-state index contributed by atoms with van der Waals surface area (Å²) < 4.78 is 5.01. The fourth-order valence-electron chi connectivity index (χ4n) is 2.30. The largest absolute Gasteiger partial charge is 0.481 e. The number of hydrogen-bond donors (Lipinski definition) is 1. The summed E-state index contributed by atoms with van der Waals surface area (Å²) in [7, 11) is 1.60. The van der Waals surface area contributed by atoms with Gasteiger partial charge in [0.2, 0.25) is 0 Å². The van der Waals surface area contributed by atoms with Crippen LogP contribution in [0.5, 0.6) is 0 Å². The van der Waals surface area contributed by atoms with E-state index in [0.717, 1.165) is 6.42 Å². The van der Waals surface area contributed by atoms with Crippen molar-refractivity contribution in [3.8, 4) is 0 Å². The number of carbonyl (C=O) groups excluding carboxylic acids is 1. The third kappa shape index (κ3) is 4.38. The lowest BCUT2D eigenvalue weighted by Gasteiger charge is -2.36. The zero-order chi connectivity index (χ0) is 14.4. The van der Waals surface area contributed by atoms with E-state index in [1.165, 1.54) is 0 Å². The summed E-state index contributed by atoms with van der Waals surface area (Å²) in [4.78, 5) is 26.8. The minimum absolute atomic E-state index is 0.0767. The van der Waals surface area contributed by atoms with Crippen molar-refractivity contribution in [1.82, 2.24) is 9.80 Å². The highest BCUT2D eigenvalue weighted by atomic mass is 16.5. The molecule has 1 heterocycles. The molecule has 0 saturated carbocycles. The van der Waals surface area contributed by atoms with E-state index in [-0.39, 0.29) is 12.1 Å². The van der Waals surface area contributed by atoms with Crippen molar-refractivity contribution in [3.05, 3.63) is 0 Å². The predicted molar refractivity (Wildman–Crippen MR) is 71.0 cm³/mol. The lowest BCUT2D eigenvalue weighted by molar-refractivity contribution is -0.143. The minimum Gasteiger partial charge on any atom is -0.481 e. The number of carboxylic acid groups (broad SMARTS) is 1. The number of urea groups is 1. The van der Waals surface area contributed by atoms with Gasteiger partial charge in [0.25, 0.3) is 0 Å². The van der Waals surface area contributed by atoms with Crippen LogP contribution in [0.4, 0.5) is 4.79 Å². The van der Waals surface area contributed by atoms with E-state index in [1.54, 1.807) is 16.9 Å². The number of rotatable bonds is 5. The van der Waals surface area contributed by atoms with E-state index in [9.17, 15) is 9.59 Å². The third-order valence-electron chi connectivity index (χ3n) is 3.45. The number of aliphatic carboxylic acids is 1. The molecular weight excluding hydrogens is 248 g/mol. The molecule has 1 N–H and O–H groups in total. The third-order valence-corrected chi connectivity index (χ3v) is 3.45. The van der Waals surface area contributed by atoms with Crippen molar-refractivity contribution in [2.75, 3.05) is 33.4 Å². The van der Waals surface area contributed by atoms with Gasteiger partial charge in [0.15, 0.2) is 0 Å². The van der Waals surface area contributed by atoms with E-state index in [0.29, 0.717) is 32.7 Å². The van der Waals surface area contributed by atoms with Crippen LogP contribution in [0.25, 0.3) is 0 Å². The Balaban J connectivity index is 2.65. The quantitative estimate of drug-likeness (QED) is 0.818. The zero-order valence-electron chi connectivity index (χ0n) is 12.0. The van der Waals surface area contributed by atoms with Crippen LogP contribution in [-0.2, 0) is 9.53 Å². The number of carboxylic acids is 1. The average molecular weight is 272 g/mol. The highest BCUT2D eigenvalue weighted by Gasteiger charge is 2.31. The van der Waals surface area contributed by atoms with E-state index in [1.807, 2.05) is 13.8 Å². The smallest absolute Gasteiger partial charge is 0.320 e. The second kappa shape index (κ2) is 7.33. The van der Waals surface area contributed by atoms with Crippen LogP contribution in [0, 0.1) is 5.92 Å². The molecule has 0 radical (unpaired) electrons. The lowest BCUT2D eigenvalue weighted by atomic mass is 9.98. The molecule has 0 unspecified atom stereocenters. The maximum atomic E-state index is 12.4. The van der Waals surface area contributed by atoms with Crippen molar-refractivity contribution >= 4 is 12.0 Å². The minimum atomic E-state index is -0.814. The molecule has 2 amide bonds. The first-order chi connectivity index (χ1) is 8.97. The summed E-state index contributed by atoms with van der Waals surface area (Å²) in [5.74, 6) is -1.25. The molecule has 19 heavy (non-hydrogen) atoms. The van der Waals surface area contributed by atoms with Crippen molar-refractivity contribution < 1.29 is 19.4 Å². The highest BCUT2D eigenvalue weighted by molar-refractivity contribution is 5.77. The van der Waals surface area contributed by atoms with Crippen LogP contribution in [-0.4, -0.2) is 66.3 Å². The normalized spacial score (nSPS) is 19.6. The van der Waals surface area contributed by atoms with Gasteiger partial charge in [-0.05, 0) is 26.7 Å². The lowest BCUT2D eigenvalue weighted by Crippen LogP contribution is -2.51. The summed E-state index contributed by atoms with van der Waals surface area (Å²) in [6.07, 6.45) is 1.40. The molecule has 0 aromatic rings. The molecule has 0 spiro atoms. The molecule has 1 aliphatic rings. The fourth-order valence-corrected chi connectivity index (χ4v) is 2.30. The van der Waals surface area contributed by atoms with E-state index < -0.39 is 11.9 Å². The summed E-state index contributed by atoms with van der Waals surface area (Å²) in [6.45, 7) is 5.86. The molecule has 1 saturated heterocycles. The highest BCUT2D eigenvalue weighted by Crippen LogP contribution is 2.18. The van der Waals surface area contributed by atoms with Crippen LogP contribution < -0.4 is 0 Å². The van der Waals surface area contributed by atoms with Crippen LogP contribution >= 0.6 is 0 Å². The number of hydrogen-bond acceptors (Lipinski definition) is 3. The summed E-state index contributed by atoms with van der Waals surface area (Å²) in [6, 6.07) is -0.00847. The SMILES string of the molecule is COCCN(C(=O)N1CCC[C@H](C(=O)O)C1)C(C)C. The van der Waals surface area contributed by atoms with Gasteiger partial charge in [-0.2, -0.15) is 0 Å². The van der Waals surface area contributed by atoms with E-state index >= 15 is 0 Å². The monoisotopic (exact) mass is 272 g/mol. The van der Waals surface area contributed by atoms with Gasteiger partial charge in [-0.25, -0.2) is 4.79 Å². The van der Waals surface area contributed by atoms with Gasteiger partial charge in [0.05, 0.1) is 12.5 Å². The molecule has 0 aliphatic carbocycles. The molecule has 6 heteroatoms. The number of likely N-dealkylation sites (tertiary alicyclic amines) is 1. The molecule has 1 atom stereocenters. The van der Waals surface area contributed by atoms with E-state index in [4.69, 9.17) is 9.84 Å². The Morgan fingerprint density at radius 2 is 2.16 bits per heavy atom. The van der Waals surface area contributed by atoms with Gasteiger partial charge in [-0.3, -0.25) is 4.79 Å². The molecule has 6 nitrogen and oxygen atoms in total. The van der Waals surface area contributed by atoms with Crippen LogP contribution in [0.2, 0.25) is 0 Å². The Labute approximate surface area is 114 Å². The number of piperidine rings is 1. The molecular formula is C13H24N2O4. The Bertz CT molecular complexity index is 320. The Morgan fingerprint density at radius 1 is 1.47 bits per heavy atom. The Kier molecular flexibility index (Phi) is 6.08. The van der Waals surface area contributed by atoms with Gasteiger partial charge < -0.3 is 19.6 Å². The molecule has 1 fully saturated rings. The number of ether oxygens (including phenoxy) is 1. The van der Waals surface area contributed by atoms with Crippen molar-refractivity contribution in [2.45, 2.75) is 32.7 Å². The van der Waals surface area contributed by atoms with Crippen LogP contribution in [0.15, 0.2) is 0 Å². The van der Waals surface area contributed by atoms with Crippen molar-refractivity contribution in [3.63, 3.8) is 0 Å². The maximum absolute atomic E-state index is 12.4. The summed E-state index contributed by atoms with van der Waals surface area (Å²) in [5, 5.41) is 9.06. The predicted octanol–water partition coefficient (Wildman–Crippen LogP) is 1.26. The molecule has 0 aromatic carbocycles. The molecule has 1 aliphatic heterocycles. The summed E-state index contributed by atoms with van der Waals surface area (Å²) in [5.41, 5.74) is 0. The Morgan fingerprint density at radius 3 is 2.68 bits per heavy atom. The number of carbonyl (C=O) groups is 2. The zero-order valence-corrected chi connectivity index (χ0v) is 12.0. The molecule has 0 bridgehead atoms. The van der Waals surface area contributed by atoms with Crippen LogP contribution in [0.3, 0.4) is 0 Å². The Hall–Kier alpha value is -1.30. The van der Waals surface area contributed by atoms with Gasteiger partial charge in [-0.15, -0.1) is 0 Å². The second-order valence-corrected chi connectivity index (χ2v) is 5.19. The van der Waals surface area contributed by atoms with Gasteiger partial charge in [0.1, 0.15) is 0 Å². The van der Waals surface area contributed by atoms with Crippen molar-refractivity contribution in [1.29, 1.82) is 0 Å². The van der Waals surface area contributed by atoms with Crippen LogP contribution in [0.1, 0.15) is 26.7 Å². The molecule has 110 valence electrons. The maximum Gasteiger partial charge on any atom is 0.320 e. The topological polar surface area (TPSA) is 70.1 Å². The van der Waals surface area contributed by atoms with Gasteiger partial charge >= 0.3 is 12.0 Å². The fraction of sp³-hybridized carbons (Fsp3) is 0.846. The first-order valence-corrected chi connectivity index (χ1v) is 6.74. The second-order valence-electron chi connectivity index (χ2n) is 5.19. The number of amides is 2. The average Bonchev–Trinajstić information content (AvgIpc) is 2.38. The van der Waals surface area contributed by atoms with Crippen molar-refractivity contribution in [2.24, 2.45) is 5.92 Å². The first kappa shape index (κ1) is 15.8. The number of methoxy groups -OCH3 is 1. The molecule has 0 aromatic heterocycles. The van der Waals surface area contributed by atoms with Gasteiger partial charge in [-0.1, -0.05) is 0 Å². The standard InChI is InChI=1S/C13H24N2O4/c1-10(2)15(7-8-19-3)13(18)14-6-4-5-11(9-14)12(16)17/h10-11H,4-9H2,1-3H3,(H,16,17)/t11-/m0/s1. The summed E-state index contributed by atoms with van der Waals surface area (Å²) >= 11 is 0. The van der Waals surface area contributed by atoms with E-state index in [2.05, 4.69) is 0 Å². The number of nitrogens with zero attached hydrogens (tertiary/aromatic N) is 2. The first-order valence-electron chi connectivity index (χ1n) is 6.74.